The second kappa shape index (κ2) is 5.06. The predicted molar refractivity (Wildman–Crippen MR) is 64.9 cm³/mol. The molecule has 18 heavy (non-hydrogen) atoms. The Kier molecular flexibility index (Phi) is 3.48. The molecule has 5 heteroatoms. The quantitative estimate of drug-likeness (QED) is 0.914. The summed E-state index contributed by atoms with van der Waals surface area (Å²) in [5.74, 6) is -1.72. The summed E-state index contributed by atoms with van der Waals surface area (Å²) in [6.45, 7) is 0. The molecule has 1 N–H and O–H groups in total. The van der Waals surface area contributed by atoms with Gasteiger partial charge in [0.2, 0.25) is 0 Å². The molecule has 2 aromatic rings. The molecule has 92 valence electrons. The van der Waals surface area contributed by atoms with Gasteiger partial charge in [-0.1, -0.05) is 23.7 Å². The summed E-state index contributed by atoms with van der Waals surface area (Å²) >= 11 is 5.87. The maximum Gasteiger partial charge on any atom is 0.335 e. The van der Waals surface area contributed by atoms with Crippen molar-refractivity contribution >= 4 is 17.6 Å². The molecule has 0 spiro atoms. The van der Waals surface area contributed by atoms with E-state index in [1.807, 2.05) is 0 Å². The van der Waals surface area contributed by atoms with Crippen molar-refractivity contribution in [2.24, 2.45) is 0 Å². The monoisotopic (exact) mass is 266 g/mol. The second-order valence-electron chi connectivity index (χ2n) is 3.48. The Morgan fingerprint density at radius 1 is 1.17 bits per heavy atom. The number of carboxylic acids is 1. The van der Waals surface area contributed by atoms with Crippen molar-refractivity contribution in [1.82, 2.24) is 0 Å². The van der Waals surface area contributed by atoms with Crippen LogP contribution in [0.15, 0.2) is 42.5 Å². The SMILES string of the molecule is O=C(O)c1ccc(Oc2ccccc2Cl)c(F)c1. The predicted octanol–water partition coefficient (Wildman–Crippen LogP) is 3.97. The molecule has 0 heterocycles. The van der Waals surface area contributed by atoms with Crippen LogP contribution in [0.2, 0.25) is 5.02 Å². The Labute approximate surface area is 107 Å². The number of carbonyl (C=O) groups is 1. The normalized spacial score (nSPS) is 10.1. The number of hydrogen-bond acceptors (Lipinski definition) is 2. The van der Waals surface area contributed by atoms with Gasteiger partial charge in [-0.15, -0.1) is 0 Å². The Hall–Kier alpha value is -2.07. The van der Waals surface area contributed by atoms with Gasteiger partial charge in [-0.3, -0.25) is 0 Å². The lowest BCUT2D eigenvalue weighted by atomic mass is 10.2. The number of ether oxygens (including phenoxy) is 1. The van der Waals surface area contributed by atoms with E-state index in [0.29, 0.717) is 10.8 Å². The molecule has 0 fully saturated rings. The molecule has 0 aliphatic rings. The zero-order valence-electron chi connectivity index (χ0n) is 9.06. The van der Waals surface area contributed by atoms with Gasteiger partial charge < -0.3 is 9.84 Å². The summed E-state index contributed by atoms with van der Waals surface area (Å²) in [5.41, 5.74) is -0.140. The highest BCUT2D eigenvalue weighted by atomic mass is 35.5. The van der Waals surface area contributed by atoms with Crippen LogP contribution in [0, 0.1) is 5.82 Å². The van der Waals surface area contributed by atoms with Gasteiger partial charge in [0.1, 0.15) is 5.75 Å². The van der Waals surface area contributed by atoms with E-state index in [1.165, 1.54) is 12.1 Å². The Bertz CT molecular complexity index is 599. The van der Waals surface area contributed by atoms with E-state index in [9.17, 15) is 9.18 Å². The Morgan fingerprint density at radius 2 is 1.89 bits per heavy atom. The van der Waals surface area contributed by atoms with Crippen LogP contribution in [0.25, 0.3) is 0 Å². The molecule has 0 aliphatic carbocycles. The number of carboxylic acid groups (broad SMARTS) is 1. The van der Waals surface area contributed by atoms with Crippen molar-refractivity contribution in [3.8, 4) is 11.5 Å². The number of para-hydroxylation sites is 1. The van der Waals surface area contributed by atoms with Gasteiger partial charge in [-0.25, -0.2) is 9.18 Å². The molecule has 0 atom stereocenters. The second-order valence-corrected chi connectivity index (χ2v) is 3.89. The largest absolute Gasteiger partial charge is 0.478 e. The molecule has 2 aromatic carbocycles. The first-order chi connectivity index (χ1) is 8.58. The van der Waals surface area contributed by atoms with Crippen molar-refractivity contribution in [2.45, 2.75) is 0 Å². The summed E-state index contributed by atoms with van der Waals surface area (Å²) in [6, 6.07) is 10.0. The molecule has 0 amide bonds. The summed E-state index contributed by atoms with van der Waals surface area (Å²) in [5, 5.41) is 9.05. The van der Waals surface area contributed by atoms with Gasteiger partial charge in [-0.05, 0) is 30.3 Å². The molecule has 0 aromatic heterocycles. The van der Waals surface area contributed by atoms with Crippen molar-refractivity contribution in [3.05, 3.63) is 58.9 Å². The summed E-state index contributed by atoms with van der Waals surface area (Å²) in [7, 11) is 0. The summed E-state index contributed by atoms with van der Waals surface area (Å²) in [4.78, 5) is 10.6. The fourth-order valence-corrected chi connectivity index (χ4v) is 1.54. The van der Waals surface area contributed by atoms with Crippen molar-refractivity contribution < 1.29 is 19.0 Å². The first kappa shape index (κ1) is 12.4. The molecule has 0 bridgehead atoms. The Morgan fingerprint density at radius 3 is 2.50 bits per heavy atom. The smallest absolute Gasteiger partial charge is 0.335 e. The molecular formula is C13H8ClFO3. The van der Waals surface area contributed by atoms with Gasteiger partial charge in [-0.2, -0.15) is 0 Å². The van der Waals surface area contributed by atoms with Crippen LogP contribution in [-0.2, 0) is 0 Å². The first-order valence-corrected chi connectivity index (χ1v) is 5.41. The van der Waals surface area contributed by atoms with Crippen LogP contribution >= 0.6 is 11.6 Å². The van der Waals surface area contributed by atoms with Crippen LogP contribution in [0.3, 0.4) is 0 Å². The van der Waals surface area contributed by atoms with Gasteiger partial charge in [0.25, 0.3) is 0 Å². The van der Waals surface area contributed by atoms with Crippen LogP contribution in [-0.4, -0.2) is 11.1 Å². The zero-order chi connectivity index (χ0) is 13.1. The molecule has 0 unspecified atom stereocenters. The molecular weight excluding hydrogens is 259 g/mol. The minimum Gasteiger partial charge on any atom is -0.478 e. The van der Waals surface area contributed by atoms with Gasteiger partial charge in [0.15, 0.2) is 11.6 Å². The standard InChI is InChI=1S/C13H8ClFO3/c14-9-3-1-2-4-11(9)18-12-6-5-8(13(16)17)7-10(12)15/h1-7H,(H,16,17). The fraction of sp³-hybridized carbons (Fsp3) is 0. The minimum atomic E-state index is -1.20. The highest BCUT2D eigenvalue weighted by Gasteiger charge is 2.11. The third-order valence-electron chi connectivity index (χ3n) is 2.24. The number of hydrogen-bond donors (Lipinski definition) is 1. The van der Waals surface area contributed by atoms with Crippen molar-refractivity contribution in [2.75, 3.05) is 0 Å². The van der Waals surface area contributed by atoms with Gasteiger partial charge in [0.05, 0.1) is 10.6 Å². The first-order valence-electron chi connectivity index (χ1n) is 5.03. The van der Waals surface area contributed by atoms with Gasteiger partial charge in [0, 0.05) is 0 Å². The number of halogens is 2. The average molecular weight is 267 g/mol. The van der Waals surface area contributed by atoms with Crippen LogP contribution in [0.4, 0.5) is 4.39 Å². The molecule has 2 rings (SSSR count). The highest BCUT2D eigenvalue weighted by Crippen LogP contribution is 2.30. The van der Waals surface area contributed by atoms with Crippen molar-refractivity contribution in [3.63, 3.8) is 0 Å². The molecule has 0 saturated heterocycles. The van der Waals surface area contributed by atoms with Crippen LogP contribution < -0.4 is 4.74 Å². The maximum atomic E-state index is 13.6. The summed E-state index contributed by atoms with van der Waals surface area (Å²) in [6.07, 6.45) is 0. The van der Waals surface area contributed by atoms with E-state index >= 15 is 0 Å². The lowest BCUT2D eigenvalue weighted by Crippen LogP contribution is -1.98. The van der Waals surface area contributed by atoms with E-state index in [-0.39, 0.29) is 11.3 Å². The topological polar surface area (TPSA) is 46.5 Å². The van der Waals surface area contributed by atoms with E-state index < -0.39 is 11.8 Å². The Balaban J connectivity index is 2.30. The third-order valence-corrected chi connectivity index (χ3v) is 2.55. The highest BCUT2D eigenvalue weighted by molar-refractivity contribution is 6.32. The van der Waals surface area contributed by atoms with Crippen molar-refractivity contribution in [1.29, 1.82) is 0 Å². The van der Waals surface area contributed by atoms with E-state index in [0.717, 1.165) is 6.07 Å². The van der Waals surface area contributed by atoms with E-state index in [1.54, 1.807) is 24.3 Å². The lowest BCUT2D eigenvalue weighted by Gasteiger charge is -2.08. The molecule has 0 radical (unpaired) electrons. The summed E-state index contributed by atoms with van der Waals surface area (Å²) < 4.78 is 18.9. The maximum absolute atomic E-state index is 13.6. The number of aromatic carboxylic acids is 1. The zero-order valence-corrected chi connectivity index (χ0v) is 9.82. The molecule has 3 nitrogen and oxygen atoms in total. The van der Waals surface area contributed by atoms with E-state index in [4.69, 9.17) is 21.4 Å². The third kappa shape index (κ3) is 2.60. The fourth-order valence-electron chi connectivity index (χ4n) is 1.36. The van der Waals surface area contributed by atoms with Gasteiger partial charge >= 0.3 is 5.97 Å². The number of benzene rings is 2. The molecule has 0 saturated carbocycles. The van der Waals surface area contributed by atoms with Crippen LogP contribution in [0.5, 0.6) is 11.5 Å². The average Bonchev–Trinajstić information content (AvgIpc) is 2.34. The lowest BCUT2D eigenvalue weighted by molar-refractivity contribution is 0.0696. The number of rotatable bonds is 3. The minimum absolute atomic E-state index is 0.0758. The van der Waals surface area contributed by atoms with Crippen LogP contribution in [0.1, 0.15) is 10.4 Å². The van der Waals surface area contributed by atoms with E-state index in [2.05, 4.69) is 0 Å². The molecule has 0 aliphatic heterocycles.